The van der Waals surface area contributed by atoms with E-state index in [1.54, 1.807) is 18.2 Å². The number of hydrogen-bond donors (Lipinski definition) is 0. The minimum absolute atomic E-state index is 0.0522. The van der Waals surface area contributed by atoms with Gasteiger partial charge in [0.15, 0.2) is 6.61 Å². The quantitative estimate of drug-likeness (QED) is 0.489. The molecule has 0 saturated heterocycles. The third kappa shape index (κ3) is 4.47. The first-order valence-corrected chi connectivity index (χ1v) is 8.42. The molecule has 6 nitrogen and oxygen atoms in total. The molecule has 0 spiro atoms. The summed E-state index contributed by atoms with van der Waals surface area (Å²) in [5.74, 6) is 0.692. The minimum Gasteiger partial charge on any atom is -0.497 e. The van der Waals surface area contributed by atoms with Crippen molar-refractivity contribution in [2.45, 2.75) is 20.5 Å². The molecule has 140 valence electrons. The third-order valence-corrected chi connectivity index (χ3v) is 4.12. The molecular weight excluding hydrogens is 348 g/mol. The fourth-order valence-corrected chi connectivity index (χ4v) is 2.66. The van der Waals surface area contributed by atoms with E-state index in [2.05, 4.69) is 0 Å². The normalized spacial score (nSPS) is 10.6. The molecule has 2 aromatic carbocycles. The smallest absolute Gasteiger partial charge is 0.344 e. The molecule has 1 aromatic heterocycles. The van der Waals surface area contributed by atoms with Gasteiger partial charge in [-0.05, 0) is 43.2 Å². The maximum Gasteiger partial charge on any atom is 0.344 e. The minimum atomic E-state index is -0.522. The maximum absolute atomic E-state index is 12.0. The topological polar surface area (TPSA) is 75.0 Å². The highest BCUT2D eigenvalue weighted by Crippen LogP contribution is 2.23. The van der Waals surface area contributed by atoms with Crippen LogP contribution in [-0.2, 0) is 16.1 Å². The third-order valence-electron chi connectivity index (χ3n) is 4.12. The van der Waals surface area contributed by atoms with Crippen molar-refractivity contribution in [3.63, 3.8) is 0 Å². The van der Waals surface area contributed by atoms with Crippen molar-refractivity contribution in [2.24, 2.45) is 0 Å². The van der Waals surface area contributed by atoms with Crippen LogP contribution >= 0.6 is 0 Å². The molecule has 3 aromatic rings. The molecule has 3 rings (SSSR count). The largest absolute Gasteiger partial charge is 0.497 e. The van der Waals surface area contributed by atoms with E-state index in [-0.39, 0.29) is 13.2 Å². The maximum atomic E-state index is 12.0. The summed E-state index contributed by atoms with van der Waals surface area (Å²) < 4.78 is 21.1. The SMILES string of the molecule is COc1ccc2c(COC(=O)COc3cc(C)ccc3C)cc(=O)oc2c1. The number of carbonyl (C=O) groups excluding carboxylic acids is 1. The number of benzene rings is 2. The first-order valence-electron chi connectivity index (χ1n) is 8.42. The van der Waals surface area contributed by atoms with Crippen LogP contribution in [0.3, 0.4) is 0 Å². The fraction of sp³-hybridized carbons (Fsp3) is 0.238. The Morgan fingerprint density at radius 1 is 1.07 bits per heavy atom. The molecule has 27 heavy (non-hydrogen) atoms. The van der Waals surface area contributed by atoms with Gasteiger partial charge in [0.1, 0.15) is 23.7 Å². The zero-order valence-corrected chi connectivity index (χ0v) is 15.4. The monoisotopic (exact) mass is 368 g/mol. The Kier molecular flexibility index (Phi) is 5.45. The second-order valence-electron chi connectivity index (χ2n) is 6.17. The Balaban J connectivity index is 1.68. The molecule has 0 radical (unpaired) electrons. The molecule has 0 amide bonds. The van der Waals surface area contributed by atoms with Crippen LogP contribution in [0, 0.1) is 13.8 Å². The van der Waals surface area contributed by atoms with Gasteiger partial charge in [-0.2, -0.15) is 0 Å². The highest BCUT2D eigenvalue weighted by atomic mass is 16.6. The lowest BCUT2D eigenvalue weighted by Gasteiger charge is -2.11. The lowest BCUT2D eigenvalue weighted by Crippen LogP contribution is -2.16. The summed E-state index contributed by atoms with van der Waals surface area (Å²) in [5.41, 5.74) is 2.40. The van der Waals surface area contributed by atoms with E-state index in [9.17, 15) is 9.59 Å². The van der Waals surface area contributed by atoms with E-state index < -0.39 is 11.6 Å². The lowest BCUT2D eigenvalue weighted by molar-refractivity contribution is -0.147. The predicted octanol–water partition coefficient (Wildman–Crippen LogP) is 3.54. The molecule has 0 saturated carbocycles. The van der Waals surface area contributed by atoms with Gasteiger partial charge in [-0.15, -0.1) is 0 Å². The molecule has 0 N–H and O–H groups in total. The zero-order chi connectivity index (χ0) is 19.4. The Bertz CT molecular complexity index is 1030. The highest BCUT2D eigenvalue weighted by Gasteiger charge is 2.11. The van der Waals surface area contributed by atoms with Crippen molar-refractivity contribution in [3.8, 4) is 11.5 Å². The molecular formula is C21H20O6. The number of ether oxygens (including phenoxy) is 3. The first kappa shape index (κ1) is 18.5. The van der Waals surface area contributed by atoms with Gasteiger partial charge >= 0.3 is 11.6 Å². The number of hydrogen-bond acceptors (Lipinski definition) is 6. The lowest BCUT2D eigenvalue weighted by atomic mass is 10.1. The summed E-state index contributed by atoms with van der Waals surface area (Å²) >= 11 is 0. The van der Waals surface area contributed by atoms with E-state index in [1.807, 2.05) is 32.0 Å². The number of fused-ring (bicyclic) bond motifs is 1. The predicted molar refractivity (Wildman–Crippen MR) is 100 cm³/mol. The summed E-state index contributed by atoms with van der Waals surface area (Å²) in [6, 6.07) is 12.2. The second-order valence-corrected chi connectivity index (χ2v) is 6.17. The number of esters is 1. The van der Waals surface area contributed by atoms with Gasteiger partial charge in [-0.1, -0.05) is 12.1 Å². The van der Waals surface area contributed by atoms with E-state index in [1.165, 1.54) is 13.2 Å². The van der Waals surface area contributed by atoms with Gasteiger partial charge < -0.3 is 18.6 Å². The van der Waals surface area contributed by atoms with Crippen LogP contribution in [0.5, 0.6) is 11.5 Å². The van der Waals surface area contributed by atoms with Gasteiger partial charge in [0, 0.05) is 23.1 Å². The van der Waals surface area contributed by atoms with Gasteiger partial charge in [-0.3, -0.25) is 0 Å². The van der Waals surface area contributed by atoms with Crippen LogP contribution < -0.4 is 15.1 Å². The van der Waals surface area contributed by atoms with Crippen LogP contribution in [0.4, 0.5) is 0 Å². The van der Waals surface area contributed by atoms with E-state index in [0.29, 0.717) is 28.0 Å². The van der Waals surface area contributed by atoms with Gasteiger partial charge in [0.05, 0.1) is 7.11 Å². The van der Waals surface area contributed by atoms with E-state index in [4.69, 9.17) is 18.6 Å². The average molecular weight is 368 g/mol. The summed E-state index contributed by atoms with van der Waals surface area (Å²) in [7, 11) is 1.53. The molecule has 1 heterocycles. The molecule has 0 aliphatic rings. The molecule has 0 unspecified atom stereocenters. The summed E-state index contributed by atoms with van der Waals surface area (Å²) in [6.07, 6.45) is 0. The first-order chi connectivity index (χ1) is 13.0. The Labute approximate surface area is 156 Å². The van der Waals surface area contributed by atoms with Crippen molar-refractivity contribution in [1.29, 1.82) is 0 Å². The number of carbonyl (C=O) groups is 1. The van der Waals surface area contributed by atoms with Crippen molar-refractivity contribution >= 4 is 16.9 Å². The number of rotatable bonds is 6. The van der Waals surface area contributed by atoms with Gasteiger partial charge in [-0.25, -0.2) is 9.59 Å². The van der Waals surface area contributed by atoms with Crippen LogP contribution in [0.2, 0.25) is 0 Å². The van der Waals surface area contributed by atoms with Crippen LogP contribution in [0.15, 0.2) is 51.7 Å². The second kappa shape index (κ2) is 7.95. The molecule has 0 aliphatic heterocycles. The van der Waals surface area contributed by atoms with Crippen molar-refractivity contribution in [3.05, 3.63) is 69.6 Å². The van der Waals surface area contributed by atoms with E-state index >= 15 is 0 Å². The fourth-order valence-electron chi connectivity index (χ4n) is 2.66. The van der Waals surface area contributed by atoms with Crippen LogP contribution in [0.1, 0.15) is 16.7 Å². The average Bonchev–Trinajstić information content (AvgIpc) is 2.66. The van der Waals surface area contributed by atoms with Crippen molar-refractivity contribution in [2.75, 3.05) is 13.7 Å². The van der Waals surface area contributed by atoms with Crippen LogP contribution in [0.25, 0.3) is 11.0 Å². The van der Waals surface area contributed by atoms with E-state index in [0.717, 1.165) is 11.1 Å². The Hall–Kier alpha value is -3.28. The molecule has 0 aliphatic carbocycles. The summed E-state index contributed by atoms with van der Waals surface area (Å²) in [5, 5.41) is 0.679. The summed E-state index contributed by atoms with van der Waals surface area (Å²) in [6.45, 7) is 3.59. The van der Waals surface area contributed by atoms with Crippen LogP contribution in [-0.4, -0.2) is 19.7 Å². The molecule has 6 heteroatoms. The number of methoxy groups -OCH3 is 1. The van der Waals surface area contributed by atoms with Crippen molar-refractivity contribution < 1.29 is 23.4 Å². The standard InChI is InChI=1S/C21H20O6/c1-13-4-5-14(2)18(8-13)25-12-21(23)26-11-15-9-20(22)27-19-10-16(24-3)6-7-17(15)19/h4-10H,11-12H2,1-3H3. The Morgan fingerprint density at radius 3 is 2.67 bits per heavy atom. The number of aryl methyl sites for hydroxylation is 2. The molecule has 0 bridgehead atoms. The van der Waals surface area contributed by atoms with Gasteiger partial charge in [0.2, 0.25) is 0 Å². The van der Waals surface area contributed by atoms with Crippen molar-refractivity contribution in [1.82, 2.24) is 0 Å². The molecule has 0 fully saturated rings. The van der Waals surface area contributed by atoms with Gasteiger partial charge in [0.25, 0.3) is 0 Å². The summed E-state index contributed by atoms with van der Waals surface area (Å²) in [4.78, 5) is 23.8. The molecule has 0 atom stereocenters. The Morgan fingerprint density at radius 2 is 1.89 bits per heavy atom. The zero-order valence-electron chi connectivity index (χ0n) is 15.4. The highest BCUT2D eigenvalue weighted by molar-refractivity contribution is 5.81.